The molecule has 1 atom stereocenters. The highest BCUT2D eigenvalue weighted by molar-refractivity contribution is 5.58. The number of hydrogen-bond acceptors (Lipinski definition) is 4. The van der Waals surface area contributed by atoms with E-state index in [1.807, 2.05) is 72.8 Å². The third-order valence-corrected chi connectivity index (χ3v) is 5.82. The molecule has 0 spiro atoms. The molecule has 0 saturated heterocycles. The van der Waals surface area contributed by atoms with Crippen LogP contribution in [-0.4, -0.2) is 36.2 Å². The molecule has 0 aliphatic carbocycles. The number of rotatable bonds is 8. The van der Waals surface area contributed by atoms with Crippen molar-refractivity contribution in [2.24, 2.45) is 0 Å². The standard InChI is InChI=1S/C26H29NO3/c1-3-27(4-2)16-17-29-21-14-15-23-25(18-21)30-24-13-9-8-12-22(24)26(23,28)19-20-10-6-5-7-11-20/h5-15,18,28H,3-4,16-17,19H2,1-2H3. The smallest absolute Gasteiger partial charge is 0.137 e. The fraction of sp³-hybridized carbons (Fsp3) is 0.308. The highest BCUT2D eigenvalue weighted by Crippen LogP contribution is 2.49. The van der Waals surface area contributed by atoms with Crippen LogP contribution in [0.25, 0.3) is 0 Å². The van der Waals surface area contributed by atoms with Crippen LogP contribution in [0, 0.1) is 0 Å². The van der Waals surface area contributed by atoms with Crippen LogP contribution in [0.4, 0.5) is 0 Å². The van der Waals surface area contributed by atoms with Crippen LogP contribution in [0.2, 0.25) is 0 Å². The molecule has 3 aromatic rings. The van der Waals surface area contributed by atoms with Gasteiger partial charge in [-0.05, 0) is 36.9 Å². The van der Waals surface area contributed by atoms with Crippen molar-refractivity contribution >= 4 is 0 Å². The van der Waals surface area contributed by atoms with Gasteiger partial charge >= 0.3 is 0 Å². The topological polar surface area (TPSA) is 41.9 Å². The lowest BCUT2D eigenvalue weighted by molar-refractivity contribution is 0.0698. The quantitative estimate of drug-likeness (QED) is 0.575. The van der Waals surface area contributed by atoms with Gasteiger partial charge < -0.3 is 19.5 Å². The maximum atomic E-state index is 11.9. The maximum Gasteiger partial charge on any atom is 0.137 e. The molecule has 1 heterocycles. The molecule has 4 nitrogen and oxygen atoms in total. The van der Waals surface area contributed by atoms with Crippen molar-refractivity contribution in [2.45, 2.75) is 25.9 Å². The summed E-state index contributed by atoms with van der Waals surface area (Å²) in [5.41, 5.74) is 1.46. The molecule has 1 aliphatic heterocycles. The molecule has 0 radical (unpaired) electrons. The summed E-state index contributed by atoms with van der Waals surface area (Å²) in [6.45, 7) is 7.83. The first kappa shape index (κ1) is 20.5. The van der Waals surface area contributed by atoms with Gasteiger partial charge in [0.05, 0.1) is 0 Å². The van der Waals surface area contributed by atoms with Crippen molar-refractivity contribution in [2.75, 3.05) is 26.2 Å². The van der Waals surface area contributed by atoms with Crippen LogP contribution in [0.1, 0.15) is 30.5 Å². The summed E-state index contributed by atoms with van der Waals surface area (Å²) in [4.78, 5) is 2.32. The van der Waals surface area contributed by atoms with Crippen LogP contribution in [0.3, 0.4) is 0 Å². The first-order valence-corrected chi connectivity index (χ1v) is 10.7. The summed E-state index contributed by atoms with van der Waals surface area (Å²) in [5, 5.41) is 11.9. The lowest BCUT2D eigenvalue weighted by atomic mass is 9.79. The first-order chi connectivity index (χ1) is 14.6. The molecule has 1 unspecified atom stereocenters. The molecule has 0 aromatic heterocycles. The predicted octanol–water partition coefficient (Wildman–Crippen LogP) is 4.99. The summed E-state index contributed by atoms with van der Waals surface area (Å²) in [5.74, 6) is 2.08. The predicted molar refractivity (Wildman–Crippen MR) is 119 cm³/mol. The number of fused-ring (bicyclic) bond motifs is 2. The third kappa shape index (κ3) is 4.07. The molecule has 0 fully saturated rings. The SMILES string of the molecule is CCN(CC)CCOc1ccc2c(c1)Oc1ccccc1C2(O)Cc1ccccc1. The van der Waals surface area contributed by atoms with E-state index in [9.17, 15) is 5.11 Å². The third-order valence-electron chi connectivity index (χ3n) is 5.82. The number of likely N-dealkylation sites (N-methyl/N-ethyl adjacent to an activating group) is 1. The lowest BCUT2D eigenvalue weighted by Crippen LogP contribution is -2.33. The zero-order valence-corrected chi connectivity index (χ0v) is 17.7. The van der Waals surface area contributed by atoms with E-state index in [0.717, 1.165) is 42.1 Å². The van der Waals surface area contributed by atoms with Crippen LogP contribution >= 0.6 is 0 Å². The van der Waals surface area contributed by atoms with Crippen molar-refractivity contribution < 1.29 is 14.6 Å². The summed E-state index contributed by atoms with van der Waals surface area (Å²) >= 11 is 0. The van der Waals surface area contributed by atoms with Gasteiger partial charge in [0.25, 0.3) is 0 Å². The Hall–Kier alpha value is -2.82. The minimum absolute atomic E-state index is 0.476. The Morgan fingerprint density at radius 3 is 2.33 bits per heavy atom. The Bertz CT molecular complexity index is 985. The number of ether oxygens (including phenoxy) is 2. The second-order valence-corrected chi connectivity index (χ2v) is 7.65. The van der Waals surface area contributed by atoms with Gasteiger partial charge in [-0.25, -0.2) is 0 Å². The van der Waals surface area contributed by atoms with Crippen LogP contribution in [0.15, 0.2) is 72.8 Å². The fourth-order valence-electron chi connectivity index (χ4n) is 4.09. The highest BCUT2D eigenvalue weighted by atomic mass is 16.5. The van der Waals surface area contributed by atoms with E-state index in [1.165, 1.54) is 0 Å². The Kier molecular flexibility index (Phi) is 6.07. The van der Waals surface area contributed by atoms with Gasteiger partial charge in [0.1, 0.15) is 29.5 Å². The number of aliphatic hydroxyl groups is 1. The molecule has 4 heteroatoms. The molecule has 0 saturated carbocycles. The molecular formula is C26H29NO3. The summed E-state index contributed by atoms with van der Waals surface area (Å²) in [6.07, 6.45) is 0.476. The van der Waals surface area contributed by atoms with Crippen molar-refractivity contribution in [3.05, 3.63) is 89.5 Å². The maximum absolute atomic E-state index is 11.9. The molecule has 4 rings (SSSR count). The van der Waals surface area contributed by atoms with Crippen molar-refractivity contribution in [1.29, 1.82) is 0 Å². The zero-order valence-electron chi connectivity index (χ0n) is 17.7. The molecule has 0 bridgehead atoms. The first-order valence-electron chi connectivity index (χ1n) is 10.7. The summed E-state index contributed by atoms with van der Waals surface area (Å²) in [6, 6.07) is 23.5. The van der Waals surface area contributed by atoms with E-state index >= 15 is 0 Å². The largest absolute Gasteiger partial charge is 0.492 e. The lowest BCUT2D eigenvalue weighted by Gasteiger charge is -2.36. The van der Waals surface area contributed by atoms with Crippen molar-refractivity contribution in [3.63, 3.8) is 0 Å². The minimum atomic E-state index is -1.16. The average Bonchev–Trinajstić information content (AvgIpc) is 2.77. The fourth-order valence-corrected chi connectivity index (χ4v) is 4.09. The van der Waals surface area contributed by atoms with Gasteiger partial charge in [0.2, 0.25) is 0 Å². The number of hydrogen-bond donors (Lipinski definition) is 1. The monoisotopic (exact) mass is 403 g/mol. The molecular weight excluding hydrogens is 374 g/mol. The molecule has 1 aliphatic rings. The molecule has 1 N–H and O–H groups in total. The van der Waals surface area contributed by atoms with Gasteiger partial charge in [-0.3, -0.25) is 0 Å². The second-order valence-electron chi connectivity index (χ2n) is 7.65. The second kappa shape index (κ2) is 8.90. The van der Waals surface area contributed by atoms with Gasteiger partial charge in [-0.1, -0.05) is 62.4 Å². The van der Waals surface area contributed by atoms with E-state index < -0.39 is 5.60 Å². The van der Waals surface area contributed by atoms with E-state index in [-0.39, 0.29) is 0 Å². The van der Waals surface area contributed by atoms with Gasteiger partial charge in [0, 0.05) is 30.2 Å². The Labute approximate surface area is 178 Å². The minimum Gasteiger partial charge on any atom is -0.492 e. The number of benzene rings is 3. The molecule has 3 aromatic carbocycles. The van der Waals surface area contributed by atoms with Gasteiger partial charge in [-0.15, -0.1) is 0 Å². The molecule has 30 heavy (non-hydrogen) atoms. The molecule has 156 valence electrons. The van der Waals surface area contributed by atoms with E-state index in [0.29, 0.717) is 24.5 Å². The van der Waals surface area contributed by atoms with Gasteiger partial charge in [-0.2, -0.15) is 0 Å². The highest BCUT2D eigenvalue weighted by Gasteiger charge is 2.40. The van der Waals surface area contributed by atoms with E-state index in [1.54, 1.807) is 0 Å². The van der Waals surface area contributed by atoms with Crippen LogP contribution < -0.4 is 9.47 Å². The number of nitrogens with zero attached hydrogens (tertiary/aromatic N) is 1. The molecule has 0 amide bonds. The van der Waals surface area contributed by atoms with Crippen molar-refractivity contribution in [1.82, 2.24) is 4.90 Å². The Morgan fingerprint density at radius 1 is 0.867 bits per heavy atom. The van der Waals surface area contributed by atoms with Gasteiger partial charge in [0.15, 0.2) is 0 Å². The summed E-state index contributed by atoms with van der Waals surface area (Å²) < 4.78 is 12.1. The van der Waals surface area contributed by atoms with E-state index in [2.05, 4.69) is 18.7 Å². The average molecular weight is 404 g/mol. The van der Waals surface area contributed by atoms with Crippen molar-refractivity contribution in [3.8, 4) is 17.2 Å². The number of para-hydroxylation sites is 1. The normalized spacial score (nSPS) is 17.2. The Morgan fingerprint density at radius 2 is 1.57 bits per heavy atom. The summed E-state index contributed by atoms with van der Waals surface area (Å²) in [7, 11) is 0. The van der Waals surface area contributed by atoms with Crippen LogP contribution in [0.5, 0.6) is 17.2 Å². The van der Waals surface area contributed by atoms with Crippen LogP contribution in [-0.2, 0) is 12.0 Å². The van der Waals surface area contributed by atoms with E-state index in [4.69, 9.17) is 9.47 Å². The zero-order chi connectivity index (χ0) is 21.0. The Balaban J connectivity index is 1.63.